The minimum absolute atomic E-state index is 0.0715. The highest BCUT2D eigenvalue weighted by Crippen LogP contribution is 2.48. The van der Waals surface area contributed by atoms with E-state index in [4.69, 9.17) is 9.47 Å². The van der Waals surface area contributed by atoms with Crippen molar-refractivity contribution in [2.75, 3.05) is 26.0 Å². The van der Waals surface area contributed by atoms with Crippen LogP contribution in [0, 0.1) is 17.8 Å². The molecule has 1 saturated carbocycles. The van der Waals surface area contributed by atoms with Crippen LogP contribution < -0.4 is 0 Å². The minimum atomic E-state index is -3.15. The van der Waals surface area contributed by atoms with E-state index in [9.17, 15) is 13.2 Å². The summed E-state index contributed by atoms with van der Waals surface area (Å²) in [7, 11) is -3.15. The number of rotatable bonds is 7. The van der Waals surface area contributed by atoms with Gasteiger partial charge < -0.3 is 14.4 Å². The standard InChI is InChI=1S/C21H31NO5S/c1-15(2)27-21(23)22-10-8-17(9-11-22)20-12-18(20)14-26-13-16-4-6-19(7-5-16)28(3,24)25/h4-7,15,17-18,20H,8-14H2,1-3H3/t18-,20-/m1/s1. The van der Waals surface area contributed by atoms with Crippen LogP contribution in [0.2, 0.25) is 0 Å². The second kappa shape index (κ2) is 8.82. The molecule has 1 saturated heterocycles. The van der Waals surface area contributed by atoms with Crippen molar-refractivity contribution >= 4 is 15.9 Å². The molecule has 2 aliphatic rings. The maximum Gasteiger partial charge on any atom is 0.410 e. The Kier molecular flexibility index (Phi) is 6.65. The van der Waals surface area contributed by atoms with Crippen molar-refractivity contribution in [3.05, 3.63) is 29.8 Å². The molecule has 1 amide bonds. The van der Waals surface area contributed by atoms with Crippen molar-refractivity contribution in [3.8, 4) is 0 Å². The second-order valence-electron chi connectivity index (χ2n) is 8.35. The van der Waals surface area contributed by atoms with E-state index in [2.05, 4.69) is 0 Å². The zero-order valence-electron chi connectivity index (χ0n) is 17.0. The highest BCUT2D eigenvalue weighted by Gasteiger charge is 2.44. The number of hydrogen-bond donors (Lipinski definition) is 0. The maximum absolute atomic E-state index is 12.0. The Hall–Kier alpha value is -1.60. The molecule has 1 aromatic rings. The number of ether oxygens (including phenoxy) is 2. The van der Waals surface area contributed by atoms with Gasteiger partial charge in [-0.3, -0.25) is 0 Å². The van der Waals surface area contributed by atoms with Crippen LogP contribution >= 0.6 is 0 Å². The van der Waals surface area contributed by atoms with Crippen molar-refractivity contribution in [2.45, 2.75) is 50.7 Å². The van der Waals surface area contributed by atoms with Crippen molar-refractivity contribution in [2.24, 2.45) is 17.8 Å². The van der Waals surface area contributed by atoms with Gasteiger partial charge in [0.25, 0.3) is 0 Å². The van der Waals surface area contributed by atoms with Crippen LogP contribution in [0.25, 0.3) is 0 Å². The van der Waals surface area contributed by atoms with Crippen LogP contribution in [-0.4, -0.2) is 51.5 Å². The third-order valence-electron chi connectivity index (χ3n) is 5.67. The predicted molar refractivity (Wildman–Crippen MR) is 107 cm³/mol. The summed E-state index contributed by atoms with van der Waals surface area (Å²) in [6.07, 6.45) is 4.24. The lowest BCUT2D eigenvalue weighted by atomic mass is 9.91. The van der Waals surface area contributed by atoms with E-state index in [1.54, 1.807) is 12.1 Å². The summed E-state index contributed by atoms with van der Waals surface area (Å²) in [5.74, 6) is 1.98. The monoisotopic (exact) mass is 409 g/mol. The summed E-state index contributed by atoms with van der Waals surface area (Å²) < 4.78 is 34.1. The molecule has 1 aliphatic heterocycles. The van der Waals surface area contributed by atoms with E-state index in [0.717, 1.165) is 38.1 Å². The molecule has 2 fully saturated rings. The molecular formula is C21H31NO5S. The lowest BCUT2D eigenvalue weighted by molar-refractivity contribution is 0.0615. The van der Waals surface area contributed by atoms with Gasteiger partial charge in [0.15, 0.2) is 9.84 Å². The number of nitrogens with zero attached hydrogens (tertiary/aromatic N) is 1. The highest BCUT2D eigenvalue weighted by atomic mass is 32.2. The number of piperidine rings is 1. The summed E-state index contributed by atoms with van der Waals surface area (Å²) in [6.45, 7) is 6.57. The molecule has 156 valence electrons. The molecule has 2 atom stereocenters. The van der Waals surface area contributed by atoms with Crippen LogP contribution in [0.4, 0.5) is 4.79 Å². The molecule has 1 aliphatic carbocycles. The van der Waals surface area contributed by atoms with Crippen molar-refractivity contribution in [1.29, 1.82) is 0 Å². The zero-order valence-corrected chi connectivity index (χ0v) is 17.8. The minimum Gasteiger partial charge on any atom is -0.447 e. The SMILES string of the molecule is CC(C)OC(=O)N1CCC([C@H]2C[C@@H]2COCc2ccc(S(C)(=O)=O)cc2)CC1. The van der Waals surface area contributed by atoms with Gasteiger partial charge in [-0.1, -0.05) is 12.1 Å². The summed E-state index contributed by atoms with van der Waals surface area (Å²) in [4.78, 5) is 14.1. The lowest BCUT2D eigenvalue weighted by Crippen LogP contribution is -2.40. The van der Waals surface area contributed by atoms with E-state index in [-0.39, 0.29) is 12.2 Å². The molecule has 1 aromatic carbocycles. The number of benzene rings is 1. The van der Waals surface area contributed by atoms with Crippen molar-refractivity contribution < 1.29 is 22.7 Å². The topological polar surface area (TPSA) is 72.9 Å². The molecular weight excluding hydrogens is 378 g/mol. The first-order chi connectivity index (χ1) is 13.2. The van der Waals surface area contributed by atoms with Crippen LogP contribution in [0.5, 0.6) is 0 Å². The molecule has 0 bridgehead atoms. The maximum atomic E-state index is 12.0. The van der Waals surface area contributed by atoms with Gasteiger partial charge in [0.05, 0.1) is 24.2 Å². The number of sulfone groups is 1. The fraction of sp³-hybridized carbons (Fsp3) is 0.667. The summed E-state index contributed by atoms with van der Waals surface area (Å²) in [6, 6.07) is 6.89. The average molecular weight is 410 g/mol. The molecule has 0 aromatic heterocycles. The van der Waals surface area contributed by atoms with E-state index in [1.807, 2.05) is 30.9 Å². The van der Waals surface area contributed by atoms with Gasteiger partial charge in [-0.25, -0.2) is 13.2 Å². The van der Waals surface area contributed by atoms with Gasteiger partial charge in [0, 0.05) is 19.3 Å². The molecule has 6 nitrogen and oxygen atoms in total. The Labute approximate surface area is 168 Å². The Morgan fingerprint density at radius 3 is 2.39 bits per heavy atom. The van der Waals surface area contributed by atoms with Gasteiger partial charge in [0.2, 0.25) is 0 Å². The van der Waals surface area contributed by atoms with Crippen LogP contribution in [0.15, 0.2) is 29.2 Å². The normalized spacial score (nSPS) is 23.1. The number of likely N-dealkylation sites (tertiary alicyclic amines) is 1. The first-order valence-electron chi connectivity index (χ1n) is 10.1. The number of hydrogen-bond acceptors (Lipinski definition) is 5. The average Bonchev–Trinajstić information content (AvgIpc) is 3.40. The van der Waals surface area contributed by atoms with E-state index >= 15 is 0 Å². The smallest absolute Gasteiger partial charge is 0.410 e. The third kappa shape index (κ3) is 5.70. The lowest BCUT2D eigenvalue weighted by Gasteiger charge is -2.32. The Morgan fingerprint density at radius 1 is 1.18 bits per heavy atom. The van der Waals surface area contributed by atoms with Crippen LogP contribution in [0.1, 0.15) is 38.7 Å². The van der Waals surface area contributed by atoms with Crippen LogP contribution in [-0.2, 0) is 25.9 Å². The molecule has 0 spiro atoms. The first kappa shape index (κ1) is 21.1. The summed E-state index contributed by atoms with van der Waals surface area (Å²) in [5.41, 5.74) is 0.988. The Morgan fingerprint density at radius 2 is 1.82 bits per heavy atom. The fourth-order valence-corrected chi connectivity index (χ4v) is 4.62. The Bertz CT molecular complexity index is 766. The fourth-order valence-electron chi connectivity index (χ4n) is 3.99. The first-order valence-corrected chi connectivity index (χ1v) is 12.0. The quantitative estimate of drug-likeness (QED) is 0.689. The molecule has 0 unspecified atom stereocenters. The largest absolute Gasteiger partial charge is 0.447 e. The van der Waals surface area contributed by atoms with Gasteiger partial charge in [-0.2, -0.15) is 0 Å². The van der Waals surface area contributed by atoms with Crippen molar-refractivity contribution in [1.82, 2.24) is 4.90 Å². The van der Waals surface area contributed by atoms with E-state index < -0.39 is 9.84 Å². The molecule has 3 rings (SSSR count). The van der Waals surface area contributed by atoms with Gasteiger partial charge in [0.1, 0.15) is 0 Å². The Balaban J connectivity index is 1.35. The van der Waals surface area contributed by atoms with Crippen LogP contribution in [0.3, 0.4) is 0 Å². The van der Waals surface area contributed by atoms with E-state index in [1.165, 1.54) is 12.7 Å². The molecule has 28 heavy (non-hydrogen) atoms. The predicted octanol–water partition coefficient (Wildman–Crippen LogP) is 3.50. The molecule has 7 heteroatoms. The molecule has 0 N–H and O–H groups in total. The van der Waals surface area contributed by atoms with Gasteiger partial charge in [-0.05, 0) is 68.6 Å². The summed E-state index contributed by atoms with van der Waals surface area (Å²) >= 11 is 0. The highest BCUT2D eigenvalue weighted by molar-refractivity contribution is 7.90. The molecule has 0 radical (unpaired) electrons. The molecule has 1 heterocycles. The number of carbonyl (C=O) groups excluding carboxylic acids is 1. The van der Waals surface area contributed by atoms with Gasteiger partial charge in [-0.15, -0.1) is 0 Å². The second-order valence-corrected chi connectivity index (χ2v) is 10.4. The third-order valence-corrected chi connectivity index (χ3v) is 6.80. The number of carbonyl (C=O) groups is 1. The van der Waals surface area contributed by atoms with E-state index in [0.29, 0.717) is 29.3 Å². The summed E-state index contributed by atoms with van der Waals surface area (Å²) in [5, 5.41) is 0. The van der Waals surface area contributed by atoms with Crippen molar-refractivity contribution in [3.63, 3.8) is 0 Å². The van der Waals surface area contributed by atoms with Gasteiger partial charge >= 0.3 is 6.09 Å². The zero-order chi connectivity index (χ0) is 20.3. The number of amides is 1.